The molecule has 0 spiro atoms. The largest absolute Gasteiger partial charge is 0.345 e. The predicted molar refractivity (Wildman–Crippen MR) is 98.7 cm³/mol. The molecule has 1 aromatic rings. The van der Waals surface area contributed by atoms with E-state index in [0.29, 0.717) is 6.04 Å². The molecule has 3 rings (SSSR count). The standard InChI is InChI=1S/C17H27N5OS/c1-14(2)13-20-6-3-15(4-7-20)19-16(23)21-8-10-22(11-9-21)17-18-5-12-24-17/h5,12,15H,1,3-4,6-11,13H2,2H3,(H,19,23). The van der Waals surface area contributed by atoms with E-state index < -0.39 is 0 Å². The van der Waals surface area contributed by atoms with Crippen LogP contribution in [-0.4, -0.2) is 72.7 Å². The molecule has 24 heavy (non-hydrogen) atoms. The van der Waals surface area contributed by atoms with E-state index in [2.05, 4.69) is 33.6 Å². The number of rotatable bonds is 4. The highest BCUT2D eigenvalue weighted by Crippen LogP contribution is 2.19. The second-order valence-corrected chi connectivity index (χ2v) is 7.62. The fourth-order valence-corrected chi connectivity index (χ4v) is 4.05. The summed E-state index contributed by atoms with van der Waals surface area (Å²) in [5.41, 5.74) is 1.20. The van der Waals surface area contributed by atoms with Gasteiger partial charge in [0.2, 0.25) is 0 Å². The van der Waals surface area contributed by atoms with Gasteiger partial charge >= 0.3 is 6.03 Å². The van der Waals surface area contributed by atoms with Crippen LogP contribution in [0.15, 0.2) is 23.7 Å². The van der Waals surface area contributed by atoms with Gasteiger partial charge in [0, 0.05) is 63.4 Å². The van der Waals surface area contributed by atoms with Crippen LogP contribution in [0.1, 0.15) is 19.8 Å². The number of piperazine rings is 1. The highest BCUT2D eigenvalue weighted by atomic mass is 32.1. The summed E-state index contributed by atoms with van der Waals surface area (Å²) in [6, 6.07) is 0.392. The topological polar surface area (TPSA) is 51.7 Å². The molecule has 0 bridgehead atoms. The Bertz CT molecular complexity index is 545. The Morgan fingerprint density at radius 2 is 2.00 bits per heavy atom. The molecule has 2 fully saturated rings. The van der Waals surface area contributed by atoms with Crippen LogP contribution in [0.2, 0.25) is 0 Å². The van der Waals surface area contributed by atoms with E-state index in [1.54, 1.807) is 11.3 Å². The van der Waals surface area contributed by atoms with E-state index in [0.717, 1.165) is 63.8 Å². The third kappa shape index (κ3) is 4.48. The van der Waals surface area contributed by atoms with Gasteiger partial charge in [-0.1, -0.05) is 12.2 Å². The number of nitrogens with one attached hydrogen (secondary N) is 1. The average molecular weight is 350 g/mol. The molecule has 6 nitrogen and oxygen atoms in total. The molecule has 0 atom stereocenters. The van der Waals surface area contributed by atoms with Crippen molar-refractivity contribution in [2.24, 2.45) is 0 Å². The number of hydrogen-bond donors (Lipinski definition) is 1. The van der Waals surface area contributed by atoms with Crippen molar-refractivity contribution >= 4 is 22.5 Å². The van der Waals surface area contributed by atoms with Crippen LogP contribution >= 0.6 is 11.3 Å². The van der Waals surface area contributed by atoms with Gasteiger partial charge in [-0.3, -0.25) is 4.90 Å². The third-order valence-corrected chi connectivity index (χ3v) is 5.50. The summed E-state index contributed by atoms with van der Waals surface area (Å²) >= 11 is 1.66. The second kappa shape index (κ2) is 7.98. The van der Waals surface area contributed by atoms with E-state index in [4.69, 9.17) is 0 Å². The van der Waals surface area contributed by atoms with Crippen molar-refractivity contribution < 1.29 is 4.79 Å². The van der Waals surface area contributed by atoms with Crippen LogP contribution in [0.25, 0.3) is 0 Å². The molecular weight excluding hydrogens is 322 g/mol. The molecule has 0 radical (unpaired) electrons. The van der Waals surface area contributed by atoms with Crippen molar-refractivity contribution in [2.45, 2.75) is 25.8 Å². The molecule has 0 aliphatic carbocycles. The molecule has 7 heteroatoms. The number of urea groups is 1. The minimum Gasteiger partial charge on any atom is -0.345 e. The average Bonchev–Trinajstić information content (AvgIpc) is 3.11. The van der Waals surface area contributed by atoms with Crippen molar-refractivity contribution in [1.29, 1.82) is 0 Å². The Morgan fingerprint density at radius 1 is 1.29 bits per heavy atom. The Kier molecular flexibility index (Phi) is 5.73. The Hall–Kier alpha value is -1.60. The monoisotopic (exact) mass is 349 g/mol. The molecule has 2 saturated heterocycles. The van der Waals surface area contributed by atoms with Crippen LogP contribution < -0.4 is 10.2 Å². The van der Waals surface area contributed by atoms with Gasteiger partial charge in [0.05, 0.1) is 0 Å². The van der Waals surface area contributed by atoms with Crippen LogP contribution in [0, 0.1) is 0 Å². The number of likely N-dealkylation sites (tertiary alicyclic amines) is 1. The molecule has 2 amide bonds. The number of thiazole rings is 1. The van der Waals surface area contributed by atoms with Gasteiger partial charge < -0.3 is 15.1 Å². The zero-order valence-corrected chi connectivity index (χ0v) is 15.2. The first kappa shape index (κ1) is 17.2. The molecule has 1 N–H and O–H groups in total. The lowest BCUT2D eigenvalue weighted by Gasteiger charge is -2.37. The summed E-state index contributed by atoms with van der Waals surface area (Å²) in [7, 11) is 0. The fraction of sp³-hybridized carbons (Fsp3) is 0.647. The minimum absolute atomic E-state index is 0.0899. The maximum atomic E-state index is 12.5. The van der Waals surface area contributed by atoms with Gasteiger partial charge in [-0.25, -0.2) is 9.78 Å². The third-order valence-electron chi connectivity index (χ3n) is 4.67. The number of amides is 2. The fourth-order valence-electron chi connectivity index (χ4n) is 3.36. The van der Waals surface area contributed by atoms with Crippen LogP contribution in [-0.2, 0) is 0 Å². The van der Waals surface area contributed by atoms with Crippen molar-refractivity contribution in [1.82, 2.24) is 20.1 Å². The summed E-state index contributed by atoms with van der Waals surface area (Å²) in [5, 5.41) is 6.27. The number of piperidine rings is 1. The number of carbonyl (C=O) groups excluding carboxylic acids is 1. The van der Waals surface area contributed by atoms with E-state index in [1.165, 1.54) is 5.57 Å². The summed E-state index contributed by atoms with van der Waals surface area (Å²) < 4.78 is 0. The first-order chi connectivity index (χ1) is 11.6. The maximum absolute atomic E-state index is 12.5. The van der Waals surface area contributed by atoms with Crippen molar-refractivity contribution in [3.63, 3.8) is 0 Å². The van der Waals surface area contributed by atoms with Crippen LogP contribution in [0.4, 0.5) is 9.93 Å². The Balaban J connectivity index is 1.40. The quantitative estimate of drug-likeness (QED) is 0.845. The summed E-state index contributed by atoms with van der Waals surface area (Å²) in [6.45, 7) is 12.3. The van der Waals surface area contributed by atoms with Gasteiger partial charge in [-0.2, -0.15) is 0 Å². The molecule has 0 saturated carbocycles. The lowest BCUT2D eigenvalue weighted by Crippen LogP contribution is -2.55. The van der Waals surface area contributed by atoms with E-state index in [1.807, 2.05) is 16.5 Å². The van der Waals surface area contributed by atoms with Gasteiger partial charge in [0.15, 0.2) is 5.13 Å². The second-order valence-electron chi connectivity index (χ2n) is 6.75. The van der Waals surface area contributed by atoms with Gasteiger partial charge in [0.1, 0.15) is 0 Å². The smallest absolute Gasteiger partial charge is 0.317 e. The number of carbonyl (C=O) groups is 1. The Labute approximate surface area is 148 Å². The number of aromatic nitrogens is 1. The zero-order chi connectivity index (χ0) is 16.9. The van der Waals surface area contributed by atoms with Gasteiger partial charge in [-0.15, -0.1) is 11.3 Å². The lowest BCUT2D eigenvalue weighted by atomic mass is 10.0. The predicted octanol–water partition coefficient (Wildman–Crippen LogP) is 2.02. The molecule has 2 aliphatic rings. The zero-order valence-electron chi connectivity index (χ0n) is 14.4. The molecule has 132 valence electrons. The van der Waals surface area contributed by atoms with Crippen molar-refractivity contribution in [3.05, 3.63) is 23.7 Å². The van der Waals surface area contributed by atoms with Gasteiger partial charge in [0.25, 0.3) is 0 Å². The lowest BCUT2D eigenvalue weighted by molar-refractivity contribution is 0.174. The SMILES string of the molecule is C=C(C)CN1CCC(NC(=O)N2CCN(c3nccs3)CC2)CC1. The highest BCUT2D eigenvalue weighted by Gasteiger charge is 2.25. The van der Waals surface area contributed by atoms with Crippen LogP contribution in [0.3, 0.4) is 0 Å². The number of anilines is 1. The highest BCUT2D eigenvalue weighted by molar-refractivity contribution is 7.13. The van der Waals surface area contributed by atoms with Crippen LogP contribution in [0.5, 0.6) is 0 Å². The van der Waals surface area contributed by atoms with Crippen molar-refractivity contribution in [2.75, 3.05) is 50.7 Å². The maximum Gasteiger partial charge on any atom is 0.317 e. The van der Waals surface area contributed by atoms with E-state index >= 15 is 0 Å². The molecule has 0 unspecified atom stereocenters. The number of nitrogens with zero attached hydrogens (tertiary/aromatic N) is 4. The first-order valence-electron chi connectivity index (χ1n) is 8.68. The number of hydrogen-bond acceptors (Lipinski definition) is 5. The molecule has 3 heterocycles. The molecule has 0 aromatic carbocycles. The van der Waals surface area contributed by atoms with Gasteiger partial charge in [-0.05, 0) is 19.8 Å². The van der Waals surface area contributed by atoms with E-state index in [-0.39, 0.29) is 6.03 Å². The Morgan fingerprint density at radius 3 is 2.58 bits per heavy atom. The normalized spacial score (nSPS) is 20.2. The summed E-state index contributed by atoms with van der Waals surface area (Å²) in [4.78, 5) is 23.4. The first-order valence-corrected chi connectivity index (χ1v) is 9.56. The van der Waals surface area contributed by atoms with Crippen molar-refractivity contribution in [3.8, 4) is 0 Å². The molecule has 1 aromatic heterocycles. The summed E-state index contributed by atoms with van der Waals surface area (Å²) in [5.74, 6) is 0. The summed E-state index contributed by atoms with van der Waals surface area (Å²) in [6.07, 6.45) is 3.88. The minimum atomic E-state index is 0.0899. The molecular formula is C17H27N5OS. The molecule has 2 aliphatic heterocycles. The van der Waals surface area contributed by atoms with E-state index in [9.17, 15) is 4.79 Å².